The fourth-order valence-corrected chi connectivity index (χ4v) is 3.70. The zero-order valence-corrected chi connectivity index (χ0v) is 16.7. The van der Waals surface area contributed by atoms with Gasteiger partial charge in [-0.25, -0.2) is 9.97 Å². The average Bonchev–Trinajstić information content (AvgIpc) is 2.98. The standard InChI is InChI=1S/C19H23N5O3S/c1-3-4-8-28-18-22-16(20)15-17(23-18)24(19(26)21-15)11-13-7-5-6-12(9-13)10-14(25)27-2/h5-7,9H,3-4,8,10-11H2,1-2H3,(H,21,26)(H2,20,22,23). The van der Waals surface area contributed by atoms with E-state index in [0.29, 0.717) is 22.9 Å². The van der Waals surface area contributed by atoms with Gasteiger partial charge in [-0.15, -0.1) is 0 Å². The average molecular weight is 401 g/mol. The zero-order chi connectivity index (χ0) is 20.1. The summed E-state index contributed by atoms with van der Waals surface area (Å²) in [6.07, 6.45) is 2.34. The number of benzene rings is 1. The van der Waals surface area contributed by atoms with Crippen molar-refractivity contribution in [2.45, 2.75) is 37.9 Å². The number of thioether (sulfide) groups is 1. The van der Waals surface area contributed by atoms with Gasteiger partial charge in [0, 0.05) is 5.75 Å². The molecule has 0 unspecified atom stereocenters. The van der Waals surface area contributed by atoms with Crippen LogP contribution in [0.1, 0.15) is 30.9 Å². The van der Waals surface area contributed by atoms with Crippen LogP contribution in [0.4, 0.5) is 5.82 Å². The number of aromatic hydroxyl groups is 1. The molecule has 0 fully saturated rings. The van der Waals surface area contributed by atoms with E-state index in [1.54, 1.807) is 4.57 Å². The van der Waals surface area contributed by atoms with Crippen LogP contribution in [0.2, 0.25) is 0 Å². The Morgan fingerprint density at radius 1 is 1.29 bits per heavy atom. The number of imidazole rings is 1. The minimum Gasteiger partial charge on any atom is -0.480 e. The summed E-state index contributed by atoms with van der Waals surface area (Å²) >= 11 is 1.53. The lowest BCUT2D eigenvalue weighted by Gasteiger charge is -2.08. The number of anilines is 1. The highest BCUT2D eigenvalue weighted by molar-refractivity contribution is 7.99. The fraction of sp³-hybridized carbons (Fsp3) is 0.368. The van der Waals surface area contributed by atoms with Gasteiger partial charge in [-0.3, -0.25) is 9.36 Å². The fourth-order valence-electron chi connectivity index (χ4n) is 2.77. The van der Waals surface area contributed by atoms with Gasteiger partial charge >= 0.3 is 5.97 Å². The van der Waals surface area contributed by atoms with Crippen LogP contribution < -0.4 is 5.73 Å². The second-order valence-electron chi connectivity index (χ2n) is 6.34. The number of carbonyl (C=O) groups is 1. The van der Waals surface area contributed by atoms with Crippen molar-refractivity contribution < 1.29 is 14.6 Å². The predicted molar refractivity (Wildman–Crippen MR) is 108 cm³/mol. The molecule has 0 amide bonds. The number of carbonyl (C=O) groups excluding carboxylic acids is 1. The van der Waals surface area contributed by atoms with Crippen molar-refractivity contribution >= 4 is 34.7 Å². The maximum atomic E-state index is 11.5. The Morgan fingerprint density at radius 2 is 2.07 bits per heavy atom. The van der Waals surface area contributed by atoms with Crippen LogP contribution in [-0.2, 0) is 22.5 Å². The first-order valence-electron chi connectivity index (χ1n) is 9.02. The third-order valence-electron chi connectivity index (χ3n) is 4.22. The Hall–Kier alpha value is -2.81. The van der Waals surface area contributed by atoms with Crippen molar-refractivity contribution in [2.24, 2.45) is 0 Å². The third-order valence-corrected chi connectivity index (χ3v) is 5.15. The number of fused-ring (bicyclic) bond motifs is 1. The van der Waals surface area contributed by atoms with Crippen LogP contribution in [-0.4, -0.2) is 43.5 Å². The Balaban J connectivity index is 1.91. The van der Waals surface area contributed by atoms with E-state index in [0.717, 1.165) is 29.7 Å². The molecule has 3 N–H and O–H groups in total. The van der Waals surface area contributed by atoms with E-state index in [2.05, 4.69) is 21.9 Å². The van der Waals surface area contributed by atoms with E-state index in [-0.39, 0.29) is 24.2 Å². The van der Waals surface area contributed by atoms with Gasteiger partial charge in [0.05, 0.1) is 20.1 Å². The van der Waals surface area contributed by atoms with E-state index < -0.39 is 0 Å². The van der Waals surface area contributed by atoms with Gasteiger partial charge in [-0.1, -0.05) is 49.4 Å². The van der Waals surface area contributed by atoms with E-state index in [1.807, 2.05) is 24.3 Å². The summed E-state index contributed by atoms with van der Waals surface area (Å²) in [5.74, 6) is 0.844. The normalized spacial score (nSPS) is 11.1. The highest BCUT2D eigenvalue weighted by Crippen LogP contribution is 2.27. The summed E-state index contributed by atoms with van der Waals surface area (Å²) in [6, 6.07) is 7.34. The lowest BCUT2D eigenvalue weighted by molar-refractivity contribution is -0.139. The number of esters is 1. The van der Waals surface area contributed by atoms with Crippen molar-refractivity contribution in [3.63, 3.8) is 0 Å². The van der Waals surface area contributed by atoms with Gasteiger partial charge in [0.15, 0.2) is 22.1 Å². The minimum atomic E-state index is -0.303. The number of hydrogen-bond donors (Lipinski definition) is 2. The zero-order valence-electron chi connectivity index (χ0n) is 15.9. The summed E-state index contributed by atoms with van der Waals surface area (Å²) in [4.78, 5) is 24.5. The first kappa shape index (κ1) is 19.9. The Bertz CT molecular complexity index is 989. The molecule has 2 heterocycles. The number of hydrogen-bond acceptors (Lipinski definition) is 8. The van der Waals surface area contributed by atoms with Gasteiger partial charge in [-0.2, -0.15) is 4.98 Å². The summed E-state index contributed by atoms with van der Waals surface area (Å²) in [5.41, 5.74) is 8.62. The minimum absolute atomic E-state index is 0.176. The Morgan fingerprint density at radius 3 is 2.82 bits per heavy atom. The van der Waals surface area contributed by atoms with Crippen LogP contribution in [0.5, 0.6) is 6.01 Å². The highest BCUT2D eigenvalue weighted by Gasteiger charge is 2.17. The molecule has 0 aliphatic rings. The predicted octanol–water partition coefficient (Wildman–Crippen LogP) is 2.77. The molecule has 0 saturated heterocycles. The maximum absolute atomic E-state index is 11.5. The smallest absolute Gasteiger partial charge is 0.309 e. The molecule has 8 nitrogen and oxygen atoms in total. The number of nitrogen functional groups attached to an aromatic ring is 1. The van der Waals surface area contributed by atoms with Crippen LogP contribution in [0.15, 0.2) is 29.4 Å². The molecule has 0 radical (unpaired) electrons. The van der Waals surface area contributed by atoms with E-state index in [1.165, 1.54) is 18.9 Å². The molecule has 0 saturated carbocycles. The molecule has 0 bridgehead atoms. The van der Waals surface area contributed by atoms with Crippen LogP contribution in [0, 0.1) is 0 Å². The number of methoxy groups -OCH3 is 1. The maximum Gasteiger partial charge on any atom is 0.309 e. The van der Waals surface area contributed by atoms with Crippen LogP contribution in [0.25, 0.3) is 11.2 Å². The number of aromatic nitrogens is 4. The van der Waals surface area contributed by atoms with E-state index >= 15 is 0 Å². The monoisotopic (exact) mass is 401 g/mol. The van der Waals surface area contributed by atoms with Crippen molar-refractivity contribution in [3.8, 4) is 6.01 Å². The van der Waals surface area contributed by atoms with Gasteiger partial charge in [-0.05, 0) is 17.5 Å². The molecule has 3 aromatic rings. The first-order valence-corrected chi connectivity index (χ1v) is 10.0. The molecule has 2 aromatic heterocycles. The lowest BCUT2D eigenvalue weighted by atomic mass is 10.1. The van der Waals surface area contributed by atoms with Crippen LogP contribution in [0.3, 0.4) is 0 Å². The SMILES string of the molecule is CCCCSc1nc(N)c2nc(O)n(Cc3cccc(CC(=O)OC)c3)c2n1. The summed E-state index contributed by atoms with van der Waals surface area (Å²) in [6.45, 7) is 2.47. The molecular formula is C19H23N5O3S. The van der Waals surface area contributed by atoms with Crippen molar-refractivity contribution in [1.29, 1.82) is 0 Å². The van der Waals surface area contributed by atoms with Crippen molar-refractivity contribution in [3.05, 3.63) is 35.4 Å². The van der Waals surface area contributed by atoms with Crippen LogP contribution >= 0.6 is 11.8 Å². The highest BCUT2D eigenvalue weighted by atomic mass is 32.2. The topological polar surface area (TPSA) is 116 Å². The van der Waals surface area contributed by atoms with Gasteiger partial charge in [0.1, 0.15) is 0 Å². The molecule has 0 atom stereocenters. The van der Waals surface area contributed by atoms with Gasteiger partial charge in [0.2, 0.25) is 0 Å². The van der Waals surface area contributed by atoms with Gasteiger partial charge in [0.25, 0.3) is 6.01 Å². The molecule has 9 heteroatoms. The lowest BCUT2D eigenvalue weighted by Crippen LogP contribution is -2.06. The third kappa shape index (κ3) is 4.53. The first-order chi connectivity index (χ1) is 13.5. The van der Waals surface area contributed by atoms with Gasteiger partial charge < -0.3 is 15.6 Å². The molecule has 0 aliphatic heterocycles. The number of nitrogens with two attached hydrogens (primary N) is 1. The molecule has 0 aliphatic carbocycles. The molecule has 28 heavy (non-hydrogen) atoms. The Kier molecular flexibility index (Phi) is 6.35. The molecule has 1 aromatic carbocycles. The molecule has 0 spiro atoms. The number of nitrogens with zero attached hydrogens (tertiary/aromatic N) is 4. The largest absolute Gasteiger partial charge is 0.480 e. The summed E-state index contributed by atoms with van der Waals surface area (Å²) in [7, 11) is 1.36. The second kappa shape index (κ2) is 8.92. The number of rotatable bonds is 8. The summed E-state index contributed by atoms with van der Waals surface area (Å²) in [5, 5.41) is 10.9. The molecular weight excluding hydrogens is 378 g/mol. The quantitative estimate of drug-likeness (QED) is 0.256. The molecule has 3 rings (SSSR count). The molecule has 148 valence electrons. The van der Waals surface area contributed by atoms with Crippen molar-refractivity contribution in [2.75, 3.05) is 18.6 Å². The van der Waals surface area contributed by atoms with Crippen molar-refractivity contribution in [1.82, 2.24) is 19.5 Å². The Labute approximate surface area is 167 Å². The number of unbranched alkanes of at least 4 members (excludes halogenated alkanes) is 1. The van der Waals surface area contributed by atoms with E-state index in [9.17, 15) is 9.90 Å². The number of ether oxygens (including phenoxy) is 1. The summed E-state index contributed by atoms with van der Waals surface area (Å²) < 4.78 is 6.31. The second-order valence-corrected chi connectivity index (χ2v) is 7.40. The van der Waals surface area contributed by atoms with E-state index in [4.69, 9.17) is 10.5 Å².